The van der Waals surface area contributed by atoms with E-state index in [0.717, 1.165) is 37.0 Å². The number of rotatable bonds is 5. The molecular weight excluding hydrogens is 276 g/mol. The van der Waals surface area contributed by atoms with Crippen LogP contribution in [0.5, 0.6) is 0 Å². The fourth-order valence-corrected chi connectivity index (χ4v) is 3.39. The van der Waals surface area contributed by atoms with Gasteiger partial charge in [0.25, 0.3) is 0 Å². The van der Waals surface area contributed by atoms with Crippen LogP contribution in [0.4, 0.5) is 11.6 Å². The minimum atomic E-state index is 0.327. The lowest BCUT2D eigenvalue weighted by molar-refractivity contribution is 0.120. The molecule has 1 saturated carbocycles. The highest BCUT2D eigenvalue weighted by Crippen LogP contribution is 2.21. The van der Waals surface area contributed by atoms with E-state index < -0.39 is 0 Å². The Hall–Kier alpha value is -1.36. The van der Waals surface area contributed by atoms with Gasteiger partial charge in [-0.25, -0.2) is 9.97 Å². The topological polar surface area (TPSA) is 59.1 Å². The van der Waals surface area contributed by atoms with Crippen molar-refractivity contribution < 1.29 is 4.74 Å². The molecule has 0 spiro atoms. The van der Waals surface area contributed by atoms with E-state index in [0.29, 0.717) is 12.1 Å². The van der Waals surface area contributed by atoms with Crippen LogP contribution in [-0.4, -0.2) is 35.3 Å². The van der Waals surface area contributed by atoms with Crippen molar-refractivity contribution in [2.24, 2.45) is 0 Å². The second kappa shape index (κ2) is 7.77. The number of nitrogens with one attached hydrogen (secondary N) is 2. The van der Waals surface area contributed by atoms with Gasteiger partial charge >= 0.3 is 0 Å². The largest absolute Gasteiger partial charge is 0.376 e. The highest BCUT2D eigenvalue weighted by molar-refractivity contribution is 5.48. The number of nitrogens with zero attached hydrogens (tertiary/aromatic N) is 2. The maximum absolute atomic E-state index is 5.65. The van der Waals surface area contributed by atoms with Crippen LogP contribution in [0.2, 0.25) is 0 Å². The molecular formula is C17H28N4O. The van der Waals surface area contributed by atoms with E-state index in [-0.39, 0.29) is 0 Å². The standard InChI is InChI=1S/C17H28N4O/c1-13-19-16(18-12-15-9-6-10-22-15)11-17(20-13)21-14-7-4-2-3-5-8-14/h11,14-15H,2-10,12H2,1H3,(H2,18,19,20,21). The molecule has 0 aromatic carbocycles. The van der Waals surface area contributed by atoms with Gasteiger partial charge in [-0.3, -0.25) is 0 Å². The Morgan fingerprint density at radius 2 is 1.82 bits per heavy atom. The zero-order chi connectivity index (χ0) is 15.2. The summed E-state index contributed by atoms with van der Waals surface area (Å²) in [6.07, 6.45) is 10.5. The highest BCUT2D eigenvalue weighted by atomic mass is 16.5. The molecule has 1 unspecified atom stereocenters. The smallest absolute Gasteiger partial charge is 0.132 e. The van der Waals surface area contributed by atoms with E-state index in [4.69, 9.17) is 4.74 Å². The summed E-state index contributed by atoms with van der Waals surface area (Å²) in [6, 6.07) is 2.59. The second-order valence-corrected chi connectivity index (χ2v) is 6.53. The summed E-state index contributed by atoms with van der Waals surface area (Å²) >= 11 is 0. The first-order valence-electron chi connectivity index (χ1n) is 8.77. The maximum atomic E-state index is 5.65. The Labute approximate surface area is 133 Å². The molecule has 1 aromatic heterocycles. The Bertz CT molecular complexity index is 466. The molecule has 3 rings (SSSR count). The lowest BCUT2D eigenvalue weighted by Crippen LogP contribution is -2.21. The van der Waals surface area contributed by atoms with Crippen molar-refractivity contribution in [3.63, 3.8) is 0 Å². The first kappa shape index (κ1) is 15.5. The van der Waals surface area contributed by atoms with E-state index in [9.17, 15) is 0 Å². The molecule has 0 radical (unpaired) electrons. The number of hydrogen-bond acceptors (Lipinski definition) is 5. The summed E-state index contributed by atoms with van der Waals surface area (Å²) in [6.45, 7) is 3.68. The number of hydrogen-bond donors (Lipinski definition) is 2. The third-order valence-electron chi connectivity index (χ3n) is 4.58. The molecule has 0 bridgehead atoms. The van der Waals surface area contributed by atoms with Crippen LogP contribution in [0.25, 0.3) is 0 Å². The van der Waals surface area contributed by atoms with Gasteiger partial charge in [-0.1, -0.05) is 25.7 Å². The molecule has 1 aliphatic heterocycles. The van der Waals surface area contributed by atoms with E-state index in [1.165, 1.54) is 44.9 Å². The first-order valence-corrected chi connectivity index (χ1v) is 8.77. The van der Waals surface area contributed by atoms with Gasteiger partial charge in [0.2, 0.25) is 0 Å². The van der Waals surface area contributed by atoms with Gasteiger partial charge in [0.05, 0.1) is 6.10 Å². The molecule has 22 heavy (non-hydrogen) atoms. The number of aryl methyl sites for hydroxylation is 1. The highest BCUT2D eigenvalue weighted by Gasteiger charge is 2.16. The van der Waals surface area contributed by atoms with E-state index in [2.05, 4.69) is 20.6 Å². The van der Waals surface area contributed by atoms with Gasteiger partial charge in [-0.15, -0.1) is 0 Å². The maximum Gasteiger partial charge on any atom is 0.132 e. The average molecular weight is 304 g/mol. The van der Waals surface area contributed by atoms with Crippen molar-refractivity contribution in [2.75, 3.05) is 23.8 Å². The quantitative estimate of drug-likeness (QED) is 0.815. The Kier molecular flexibility index (Phi) is 5.48. The van der Waals surface area contributed by atoms with Crippen molar-refractivity contribution >= 4 is 11.6 Å². The van der Waals surface area contributed by atoms with Crippen molar-refractivity contribution in [1.82, 2.24) is 9.97 Å². The van der Waals surface area contributed by atoms with Crippen LogP contribution in [0, 0.1) is 6.92 Å². The normalized spacial score (nSPS) is 23.2. The lowest BCUT2D eigenvalue weighted by Gasteiger charge is -2.18. The number of anilines is 2. The minimum Gasteiger partial charge on any atom is -0.376 e. The summed E-state index contributed by atoms with van der Waals surface area (Å²) in [5.74, 6) is 2.67. The monoisotopic (exact) mass is 304 g/mol. The number of aromatic nitrogens is 2. The Morgan fingerprint density at radius 3 is 2.55 bits per heavy atom. The number of ether oxygens (including phenoxy) is 1. The molecule has 0 amide bonds. The van der Waals surface area contributed by atoms with Crippen LogP contribution in [-0.2, 0) is 4.74 Å². The van der Waals surface area contributed by atoms with Crippen molar-refractivity contribution in [3.05, 3.63) is 11.9 Å². The van der Waals surface area contributed by atoms with Gasteiger partial charge in [0.15, 0.2) is 0 Å². The second-order valence-electron chi connectivity index (χ2n) is 6.53. The molecule has 2 aliphatic rings. The molecule has 1 atom stereocenters. The SMILES string of the molecule is Cc1nc(NCC2CCCO2)cc(NC2CCCCCC2)n1. The predicted molar refractivity (Wildman–Crippen MR) is 89.3 cm³/mol. The molecule has 122 valence electrons. The molecule has 5 heteroatoms. The average Bonchev–Trinajstić information content (AvgIpc) is 2.89. The first-order chi connectivity index (χ1) is 10.8. The van der Waals surface area contributed by atoms with Crippen LogP contribution < -0.4 is 10.6 Å². The fraction of sp³-hybridized carbons (Fsp3) is 0.765. The van der Waals surface area contributed by atoms with Gasteiger partial charge < -0.3 is 15.4 Å². The van der Waals surface area contributed by atoms with Crippen LogP contribution >= 0.6 is 0 Å². The summed E-state index contributed by atoms with van der Waals surface area (Å²) < 4.78 is 5.65. The van der Waals surface area contributed by atoms with Crippen LogP contribution in [0.15, 0.2) is 6.07 Å². The zero-order valence-corrected chi connectivity index (χ0v) is 13.6. The van der Waals surface area contributed by atoms with E-state index >= 15 is 0 Å². The van der Waals surface area contributed by atoms with Crippen molar-refractivity contribution in [1.29, 1.82) is 0 Å². The minimum absolute atomic E-state index is 0.327. The molecule has 2 fully saturated rings. The van der Waals surface area contributed by atoms with Gasteiger partial charge in [0, 0.05) is 25.3 Å². The summed E-state index contributed by atoms with van der Waals surface area (Å²) in [4.78, 5) is 9.03. The van der Waals surface area contributed by atoms with Gasteiger partial charge in [-0.05, 0) is 32.6 Å². The van der Waals surface area contributed by atoms with Crippen molar-refractivity contribution in [3.8, 4) is 0 Å². The molecule has 2 heterocycles. The Balaban J connectivity index is 1.58. The fourth-order valence-electron chi connectivity index (χ4n) is 3.39. The summed E-state index contributed by atoms with van der Waals surface area (Å²) in [7, 11) is 0. The third kappa shape index (κ3) is 4.57. The summed E-state index contributed by atoms with van der Waals surface area (Å²) in [5.41, 5.74) is 0. The molecule has 1 aliphatic carbocycles. The van der Waals surface area contributed by atoms with Crippen LogP contribution in [0.3, 0.4) is 0 Å². The zero-order valence-electron chi connectivity index (χ0n) is 13.6. The van der Waals surface area contributed by atoms with E-state index in [1.54, 1.807) is 0 Å². The van der Waals surface area contributed by atoms with Crippen LogP contribution in [0.1, 0.15) is 57.2 Å². The molecule has 1 saturated heterocycles. The predicted octanol–water partition coefficient (Wildman–Crippen LogP) is 3.51. The molecule has 5 nitrogen and oxygen atoms in total. The summed E-state index contributed by atoms with van der Waals surface area (Å²) in [5, 5.41) is 7.01. The lowest BCUT2D eigenvalue weighted by atomic mass is 10.1. The van der Waals surface area contributed by atoms with Crippen molar-refractivity contribution in [2.45, 2.75) is 70.4 Å². The molecule has 2 N–H and O–H groups in total. The van der Waals surface area contributed by atoms with Gasteiger partial charge in [0.1, 0.15) is 17.5 Å². The Morgan fingerprint density at radius 1 is 1.05 bits per heavy atom. The third-order valence-corrected chi connectivity index (χ3v) is 4.58. The van der Waals surface area contributed by atoms with Gasteiger partial charge in [-0.2, -0.15) is 0 Å². The van der Waals surface area contributed by atoms with E-state index in [1.807, 2.05) is 13.0 Å². The molecule has 1 aromatic rings.